The van der Waals surface area contributed by atoms with Crippen LogP contribution in [0.4, 0.5) is 11.6 Å². The molecule has 2 aliphatic heterocycles. The van der Waals surface area contributed by atoms with Gasteiger partial charge in [-0.2, -0.15) is 0 Å². The maximum atomic E-state index is 14.6. The highest BCUT2D eigenvalue weighted by molar-refractivity contribution is 5.83. The van der Waals surface area contributed by atoms with E-state index in [0.717, 1.165) is 22.4 Å². The second-order valence-corrected chi connectivity index (χ2v) is 11.3. The van der Waals surface area contributed by atoms with E-state index in [-0.39, 0.29) is 22.7 Å². The molecule has 4 heterocycles. The van der Waals surface area contributed by atoms with Crippen molar-refractivity contribution < 1.29 is 13.6 Å². The van der Waals surface area contributed by atoms with E-state index in [9.17, 15) is 9.59 Å². The van der Waals surface area contributed by atoms with Crippen LogP contribution < -0.4 is 20.5 Å². The van der Waals surface area contributed by atoms with Crippen LogP contribution >= 0.6 is 0 Å². The summed E-state index contributed by atoms with van der Waals surface area (Å²) in [5, 5.41) is 0.952. The summed E-state index contributed by atoms with van der Waals surface area (Å²) in [5.74, 6) is -0.276. The molecule has 6 aromatic rings. The van der Waals surface area contributed by atoms with Crippen molar-refractivity contribution in [2.45, 2.75) is 25.9 Å². The summed E-state index contributed by atoms with van der Waals surface area (Å²) >= 11 is 0. The van der Waals surface area contributed by atoms with Gasteiger partial charge < -0.3 is 18.5 Å². The Morgan fingerprint density at radius 1 is 0.690 bits per heavy atom. The molecular weight excluding hydrogens is 526 g/mol. The molecule has 2 aliphatic rings. The lowest BCUT2D eigenvalue weighted by Crippen LogP contribution is -2.46. The SMILES string of the molecule is Cc1ccc(N2C[C@H]3[C@H](c4c(oc5ccccc5c4=O)O[C@@H]3c3ccccc3)c3c2oc2ccc(C)cc2c3=O)cc1. The summed E-state index contributed by atoms with van der Waals surface area (Å²) in [5.41, 5.74) is 5.39. The summed E-state index contributed by atoms with van der Waals surface area (Å²) < 4.78 is 19.5. The van der Waals surface area contributed by atoms with Crippen LogP contribution in [-0.2, 0) is 0 Å². The third-order valence-electron chi connectivity index (χ3n) is 8.65. The molecule has 0 spiro atoms. The van der Waals surface area contributed by atoms with Crippen molar-refractivity contribution in [2.75, 3.05) is 11.4 Å². The van der Waals surface area contributed by atoms with Crippen molar-refractivity contribution in [3.63, 3.8) is 0 Å². The van der Waals surface area contributed by atoms with Crippen LogP contribution in [0.5, 0.6) is 5.95 Å². The summed E-state index contributed by atoms with van der Waals surface area (Å²) in [4.78, 5) is 30.9. The van der Waals surface area contributed by atoms with Gasteiger partial charge in [0, 0.05) is 24.1 Å². The summed E-state index contributed by atoms with van der Waals surface area (Å²) in [6.45, 7) is 4.46. The van der Waals surface area contributed by atoms with Gasteiger partial charge in [-0.05, 0) is 55.8 Å². The maximum Gasteiger partial charge on any atom is 0.293 e. The Hall–Kier alpha value is -5.10. The summed E-state index contributed by atoms with van der Waals surface area (Å²) in [7, 11) is 0. The summed E-state index contributed by atoms with van der Waals surface area (Å²) in [6.07, 6.45) is -0.471. The van der Waals surface area contributed by atoms with Crippen molar-refractivity contribution in [2.24, 2.45) is 5.92 Å². The van der Waals surface area contributed by atoms with Gasteiger partial charge in [-0.1, -0.05) is 71.8 Å². The van der Waals surface area contributed by atoms with E-state index in [1.807, 2.05) is 98.8 Å². The number of hydrogen-bond acceptors (Lipinski definition) is 6. The Balaban J connectivity index is 1.48. The van der Waals surface area contributed by atoms with Crippen molar-refractivity contribution in [1.82, 2.24) is 0 Å². The molecule has 8 rings (SSSR count). The number of aryl methyl sites for hydroxylation is 2. The molecule has 206 valence electrons. The van der Waals surface area contributed by atoms with Crippen LogP contribution in [0.3, 0.4) is 0 Å². The molecule has 4 aromatic carbocycles. The quantitative estimate of drug-likeness (QED) is 0.220. The average Bonchev–Trinajstić information content (AvgIpc) is 3.01. The number of fused-ring (bicyclic) bond motifs is 7. The molecule has 3 atom stereocenters. The molecule has 6 heteroatoms. The molecule has 0 saturated heterocycles. The minimum atomic E-state index is -0.599. The Morgan fingerprint density at radius 3 is 2.19 bits per heavy atom. The smallest absolute Gasteiger partial charge is 0.293 e. The lowest BCUT2D eigenvalue weighted by Gasteiger charge is -2.45. The van der Waals surface area contributed by atoms with E-state index >= 15 is 0 Å². The predicted octanol–water partition coefficient (Wildman–Crippen LogP) is 7.55. The molecular formula is C36H27NO5. The van der Waals surface area contributed by atoms with E-state index in [4.69, 9.17) is 13.6 Å². The van der Waals surface area contributed by atoms with Gasteiger partial charge in [-0.15, -0.1) is 0 Å². The normalized spacial score (nSPS) is 19.2. The average molecular weight is 554 g/mol. The van der Waals surface area contributed by atoms with E-state index in [0.29, 0.717) is 45.5 Å². The van der Waals surface area contributed by atoms with Crippen LogP contribution in [0.1, 0.15) is 39.8 Å². The Morgan fingerprint density at radius 2 is 1.38 bits per heavy atom. The molecule has 2 aromatic heterocycles. The Labute approximate surface area is 241 Å². The van der Waals surface area contributed by atoms with Gasteiger partial charge in [0.2, 0.25) is 11.3 Å². The zero-order chi connectivity index (χ0) is 28.5. The van der Waals surface area contributed by atoms with Crippen LogP contribution in [0.25, 0.3) is 21.9 Å². The minimum Gasteiger partial charge on any atom is -0.456 e. The van der Waals surface area contributed by atoms with Gasteiger partial charge in [-0.3, -0.25) is 9.59 Å². The van der Waals surface area contributed by atoms with Gasteiger partial charge in [0.25, 0.3) is 5.95 Å². The van der Waals surface area contributed by atoms with Crippen molar-refractivity contribution in [3.8, 4) is 5.95 Å². The molecule has 0 saturated carbocycles. The fourth-order valence-corrected chi connectivity index (χ4v) is 6.63. The van der Waals surface area contributed by atoms with Crippen LogP contribution in [0.15, 0.2) is 115 Å². The van der Waals surface area contributed by atoms with E-state index < -0.39 is 12.0 Å². The van der Waals surface area contributed by atoms with Crippen molar-refractivity contribution in [3.05, 3.63) is 145 Å². The second kappa shape index (κ2) is 9.21. The highest BCUT2D eigenvalue weighted by Crippen LogP contribution is 2.54. The minimum absolute atomic E-state index is 0.144. The largest absolute Gasteiger partial charge is 0.456 e. The van der Waals surface area contributed by atoms with Crippen LogP contribution in [0.2, 0.25) is 0 Å². The molecule has 0 N–H and O–H groups in total. The molecule has 6 nitrogen and oxygen atoms in total. The lowest BCUT2D eigenvalue weighted by atomic mass is 9.72. The van der Waals surface area contributed by atoms with E-state index in [2.05, 4.69) is 4.90 Å². The van der Waals surface area contributed by atoms with Crippen LogP contribution in [0, 0.1) is 19.8 Å². The molecule has 0 unspecified atom stereocenters. The highest BCUT2D eigenvalue weighted by Gasteiger charge is 2.50. The fraction of sp³-hybridized carbons (Fsp3) is 0.167. The second-order valence-electron chi connectivity index (χ2n) is 11.3. The standard InChI is InChI=1S/C36H27NO5/c1-20-12-15-23(16-13-20)37-19-26-29(30-33(39)25-18-21(2)14-17-28(25)40-35(30)37)31-32(38)24-10-6-7-11-27(24)41-36(31)42-34(26)22-8-4-3-5-9-22/h3-18,26,29,34H,19H2,1-2H3/t26-,29-,34+/m0/s1. The monoisotopic (exact) mass is 553 g/mol. The number of hydrogen-bond donors (Lipinski definition) is 0. The van der Waals surface area contributed by atoms with E-state index in [1.165, 1.54) is 0 Å². The number of rotatable bonds is 2. The van der Waals surface area contributed by atoms with Gasteiger partial charge >= 0.3 is 0 Å². The third kappa shape index (κ3) is 3.64. The molecule has 0 amide bonds. The summed E-state index contributed by atoms with van der Waals surface area (Å²) in [6, 6.07) is 30.9. The Bertz CT molecular complexity index is 2130. The van der Waals surface area contributed by atoms with Gasteiger partial charge in [0.05, 0.1) is 21.9 Å². The van der Waals surface area contributed by atoms with Crippen molar-refractivity contribution >= 4 is 33.5 Å². The topological polar surface area (TPSA) is 72.9 Å². The van der Waals surface area contributed by atoms with Gasteiger partial charge in [-0.25, -0.2) is 0 Å². The van der Waals surface area contributed by atoms with E-state index in [1.54, 1.807) is 12.1 Å². The van der Waals surface area contributed by atoms with Gasteiger partial charge in [0.1, 0.15) is 17.3 Å². The van der Waals surface area contributed by atoms with Gasteiger partial charge in [0.15, 0.2) is 5.43 Å². The van der Waals surface area contributed by atoms with Crippen LogP contribution in [-0.4, -0.2) is 6.54 Å². The molecule has 0 fully saturated rings. The first-order valence-electron chi connectivity index (χ1n) is 14.2. The first kappa shape index (κ1) is 24.7. The zero-order valence-electron chi connectivity index (χ0n) is 23.2. The number of anilines is 2. The Kier molecular flexibility index (Phi) is 5.41. The van der Waals surface area contributed by atoms with Crippen molar-refractivity contribution in [1.29, 1.82) is 0 Å². The first-order valence-corrected chi connectivity index (χ1v) is 14.2. The maximum absolute atomic E-state index is 14.6. The molecule has 0 aliphatic carbocycles. The highest BCUT2D eigenvalue weighted by atomic mass is 16.6. The third-order valence-corrected chi connectivity index (χ3v) is 8.65. The molecule has 42 heavy (non-hydrogen) atoms. The number of benzene rings is 4. The number of para-hydroxylation sites is 1. The molecule has 0 bridgehead atoms. The number of ether oxygens (including phenoxy) is 1. The zero-order valence-corrected chi connectivity index (χ0v) is 23.2. The predicted molar refractivity (Wildman–Crippen MR) is 163 cm³/mol. The fourth-order valence-electron chi connectivity index (χ4n) is 6.63. The lowest BCUT2D eigenvalue weighted by molar-refractivity contribution is 0.0688. The first-order chi connectivity index (χ1) is 20.5. The number of nitrogens with zero attached hydrogens (tertiary/aromatic N) is 1. The molecule has 0 radical (unpaired) electrons.